The lowest BCUT2D eigenvalue weighted by molar-refractivity contribution is 0.415. The van der Waals surface area contributed by atoms with Crippen LogP contribution >= 0.6 is 11.6 Å². The molecular weight excluding hydrogens is 270 g/mol. The average molecular weight is 290 g/mol. The van der Waals surface area contributed by atoms with Crippen molar-refractivity contribution in [3.05, 3.63) is 53.1 Å². The summed E-state index contributed by atoms with van der Waals surface area (Å²) >= 11 is 6.22. The highest BCUT2D eigenvalue weighted by Crippen LogP contribution is 2.31. The maximum atomic E-state index is 6.22. The fraction of sp³-hybridized carbons (Fsp3) is 0.294. The second kappa shape index (κ2) is 6.78. The van der Waals surface area contributed by atoms with Crippen LogP contribution in [0.3, 0.4) is 0 Å². The van der Waals surface area contributed by atoms with Gasteiger partial charge in [0.1, 0.15) is 5.75 Å². The van der Waals surface area contributed by atoms with Gasteiger partial charge in [0.2, 0.25) is 0 Å². The number of nitrogens with one attached hydrogen (secondary N) is 1. The molecule has 0 unspecified atom stereocenters. The molecule has 1 N–H and O–H groups in total. The summed E-state index contributed by atoms with van der Waals surface area (Å²) < 4.78 is 5.20. The maximum Gasteiger partial charge on any atom is 0.137 e. The Labute approximate surface area is 125 Å². The summed E-state index contributed by atoms with van der Waals surface area (Å²) in [4.78, 5) is 0. The molecule has 0 spiro atoms. The molecule has 0 aliphatic heterocycles. The van der Waals surface area contributed by atoms with Crippen molar-refractivity contribution in [2.45, 2.75) is 26.4 Å². The summed E-state index contributed by atoms with van der Waals surface area (Å²) in [5.74, 6) is 0.702. The normalized spacial score (nSPS) is 10.8. The second-order valence-electron chi connectivity index (χ2n) is 5.04. The van der Waals surface area contributed by atoms with E-state index in [1.54, 1.807) is 7.11 Å². The number of hydrogen-bond acceptors (Lipinski definition) is 2. The Morgan fingerprint density at radius 3 is 2.55 bits per heavy atom. The van der Waals surface area contributed by atoms with E-state index in [4.69, 9.17) is 16.3 Å². The van der Waals surface area contributed by atoms with Crippen molar-refractivity contribution in [3.63, 3.8) is 0 Å². The zero-order valence-corrected chi connectivity index (χ0v) is 12.9. The van der Waals surface area contributed by atoms with Crippen molar-refractivity contribution >= 4 is 11.6 Å². The first-order valence-corrected chi connectivity index (χ1v) is 7.15. The Hall–Kier alpha value is -1.51. The van der Waals surface area contributed by atoms with E-state index in [1.165, 1.54) is 11.1 Å². The molecule has 0 saturated heterocycles. The molecule has 0 atom stereocenters. The zero-order valence-electron chi connectivity index (χ0n) is 12.1. The monoisotopic (exact) mass is 289 g/mol. The molecule has 0 heterocycles. The molecule has 0 amide bonds. The molecule has 2 rings (SSSR count). The lowest BCUT2D eigenvalue weighted by Crippen LogP contribution is -2.22. The fourth-order valence-electron chi connectivity index (χ4n) is 2.10. The van der Waals surface area contributed by atoms with E-state index in [0.29, 0.717) is 16.8 Å². The van der Waals surface area contributed by atoms with Crippen molar-refractivity contribution in [2.75, 3.05) is 7.11 Å². The number of halogens is 1. The van der Waals surface area contributed by atoms with Crippen LogP contribution in [-0.4, -0.2) is 13.2 Å². The molecule has 0 fully saturated rings. The molecule has 2 aromatic rings. The summed E-state index contributed by atoms with van der Waals surface area (Å²) in [6, 6.07) is 14.7. The van der Waals surface area contributed by atoms with Crippen LogP contribution in [0.2, 0.25) is 5.02 Å². The molecule has 0 bridgehead atoms. The van der Waals surface area contributed by atoms with Gasteiger partial charge in [-0.2, -0.15) is 0 Å². The van der Waals surface area contributed by atoms with E-state index in [0.717, 1.165) is 12.1 Å². The van der Waals surface area contributed by atoms with Gasteiger partial charge >= 0.3 is 0 Å². The summed E-state index contributed by atoms with van der Waals surface area (Å²) in [6.07, 6.45) is 0. The Morgan fingerprint density at radius 1 is 1.15 bits per heavy atom. The van der Waals surface area contributed by atoms with Gasteiger partial charge in [-0.25, -0.2) is 0 Å². The first-order valence-electron chi connectivity index (χ1n) is 6.77. The van der Waals surface area contributed by atoms with Crippen molar-refractivity contribution in [2.24, 2.45) is 0 Å². The Balaban J connectivity index is 2.34. The molecule has 2 aromatic carbocycles. The molecule has 0 radical (unpaired) electrons. The van der Waals surface area contributed by atoms with Crippen LogP contribution < -0.4 is 10.1 Å². The van der Waals surface area contributed by atoms with E-state index < -0.39 is 0 Å². The number of ether oxygens (including phenoxy) is 1. The van der Waals surface area contributed by atoms with Gasteiger partial charge < -0.3 is 10.1 Å². The number of hydrogen-bond donors (Lipinski definition) is 1. The summed E-state index contributed by atoms with van der Waals surface area (Å²) in [7, 11) is 1.63. The number of methoxy groups -OCH3 is 1. The highest BCUT2D eigenvalue weighted by molar-refractivity contribution is 6.32. The van der Waals surface area contributed by atoms with E-state index in [9.17, 15) is 0 Å². The average Bonchev–Trinajstić information content (AvgIpc) is 2.45. The number of rotatable bonds is 5. The Morgan fingerprint density at radius 2 is 1.90 bits per heavy atom. The van der Waals surface area contributed by atoms with E-state index in [-0.39, 0.29) is 0 Å². The van der Waals surface area contributed by atoms with Crippen LogP contribution in [0, 0.1) is 0 Å². The Kier molecular flexibility index (Phi) is 5.05. The van der Waals surface area contributed by atoms with E-state index in [2.05, 4.69) is 37.4 Å². The summed E-state index contributed by atoms with van der Waals surface area (Å²) in [6.45, 7) is 5.14. The van der Waals surface area contributed by atoms with Crippen LogP contribution in [0.4, 0.5) is 0 Å². The molecule has 3 heteroatoms. The molecule has 0 saturated carbocycles. The van der Waals surface area contributed by atoms with Crippen LogP contribution in [0.25, 0.3) is 11.1 Å². The largest absolute Gasteiger partial charge is 0.495 e. The van der Waals surface area contributed by atoms with E-state index in [1.807, 2.05) is 24.3 Å². The molecule has 0 aliphatic rings. The minimum atomic E-state index is 0.461. The predicted molar refractivity (Wildman–Crippen MR) is 85.4 cm³/mol. The molecule has 106 valence electrons. The third kappa shape index (κ3) is 3.53. The topological polar surface area (TPSA) is 21.3 Å². The van der Waals surface area contributed by atoms with Gasteiger partial charge in [-0.05, 0) is 28.8 Å². The standard InChI is InChI=1S/C17H20ClNO/c1-12(2)19-11-14-6-4-5-7-15(14)13-8-9-17(20-3)16(18)10-13/h4-10,12,19H,11H2,1-3H3. The van der Waals surface area contributed by atoms with Gasteiger partial charge in [0, 0.05) is 12.6 Å². The van der Waals surface area contributed by atoms with Crippen LogP contribution in [0.5, 0.6) is 5.75 Å². The second-order valence-corrected chi connectivity index (χ2v) is 5.45. The highest BCUT2D eigenvalue weighted by Gasteiger charge is 2.08. The highest BCUT2D eigenvalue weighted by atomic mass is 35.5. The predicted octanol–water partition coefficient (Wildman–Crippen LogP) is 4.51. The zero-order chi connectivity index (χ0) is 14.5. The van der Waals surface area contributed by atoms with Gasteiger partial charge in [0.05, 0.1) is 12.1 Å². The molecule has 20 heavy (non-hydrogen) atoms. The quantitative estimate of drug-likeness (QED) is 0.874. The third-order valence-corrected chi connectivity index (χ3v) is 3.48. The van der Waals surface area contributed by atoms with Gasteiger partial charge in [0.25, 0.3) is 0 Å². The fourth-order valence-corrected chi connectivity index (χ4v) is 2.36. The lowest BCUT2D eigenvalue weighted by Gasteiger charge is -2.13. The SMILES string of the molecule is COc1ccc(-c2ccccc2CNC(C)C)cc1Cl. The van der Waals surface area contributed by atoms with Crippen LogP contribution in [0.15, 0.2) is 42.5 Å². The first-order chi connectivity index (χ1) is 9.61. The van der Waals surface area contributed by atoms with Gasteiger partial charge in [0.15, 0.2) is 0 Å². The van der Waals surface area contributed by atoms with Crippen molar-refractivity contribution in [1.29, 1.82) is 0 Å². The van der Waals surface area contributed by atoms with Crippen molar-refractivity contribution in [3.8, 4) is 16.9 Å². The van der Waals surface area contributed by atoms with Crippen LogP contribution in [-0.2, 0) is 6.54 Å². The lowest BCUT2D eigenvalue weighted by atomic mass is 9.99. The summed E-state index contributed by atoms with van der Waals surface area (Å²) in [5.41, 5.74) is 3.57. The molecule has 0 aliphatic carbocycles. The van der Waals surface area contributed by atoms with Gasteiger partial charge in [-0.1, -0.05) is 55.8 Å². The van der Waals surface area contributed by atoms with Gasteiger partial charge in [-0.3, -0.25) is 0 Å². The minimum Gasteiger partial charge on any atom is -0.495 e. The molecular formula is C17H20ClNO. The van der Waals surface area contributed by atoms with Crippen molar-refractivity contribution < 1.29 is 4.74 Å². The van der Waals surface area contributed by atoms with E-state index >= 15 is 0 Å². The minimum absolute atomic E-state index is 0.461. The van der Waals surface area contributed by atoms with Crippen LogP contribution in [0.1, 0.15) is 19.4 Å². The smallest absolute Gasteiger partial charge is 0.137 e. The third-order valence-electron chi connectivity index (χ3n) is 3.18. The molecule has 2 nitrogen and oxygen atoms in total. The Bertz CT molecular complexity index is 581. The first kappa shape index (κ1) is 14.9. The molecule has 0 aromatic heterocycles. The maximum absolute atomic E-state index is 6.22. The van der Waals surface area contributed by atoms with Crippen molar-refractivity contribution in [1.82, 2.24) is 5.32 Å². The number of benzene rings is 2. The summed E-state index contributed by atoms with van der Waals surface area (Å²) in [5, 5.41) is 4.09. The van der Waals surface area contributed by atoms with Gasteiger partial charge in [-0.15, -0.1) is 0 Å².